The molecule has 2 aromatic carbocycles. The van der Waals surface area contributed by atoms with Crippen molar-refractivity contribution < 1.29 is 18.1 Å². The van der Waals surface area contributed by atoms with Crippen molar-refractivity contribution in [3.8, 4) is 11.4 Å². The molecule has 1 amide bonds. The molecule has 0 aliphatic heterocycles. The van der Waals surface area contributed by atoms with E-state index in [0.717, 1.165) is 24.0 Å². The van der Waals surface area contributed by atoms with Crippen molar-refractivity contribution in [1.29, 1.82) is 0 Å². The first-order valence-corrected chi connectivity index (χ1v) is 8.22. The third-order valence-electron chi connectivity index (χ3n) is 4.45. The van der Waals surface area contributed by atoms with Crippen molar-refractivity contribution in [2.45, 2.75) is 25.3 Å². The van der Waals surface area contributed by atoms with E-state index in [2.05, 4.69) is 20.0 Å². The van der Waals surface area contributed by atoms with Crippen LogP contribution in [0.1, 0.15) is 46.3 Å². The Labute approximate surface area is 148 Å². The van der Waals surface area contributed by atoms with Gasteiger partial charge in [-0.1, -0.05) is 35.5 Å². The highest BCUT2D eigenvalue weighted by molar-refractivity contribution is 5.94. The van der Waals surface area contributed by atoms with Gasteiger partial charge in [-0.2, -0.15) is 13.8 Å². The third-order valence-corrected chi connectivity index (χ3v) is 4.45. The van der Waals surface area contributed by atoms with E-state index in [1.54, 1.807) is 18.2 Å². The van der Waals surface area contributed by atoms with E-state index in [9.17, 15) is 13.6 Å². The van der Waals surface area contributed by atoms with Gasteiger partial charge in [0, 0.05) is 11.1 Å². The molecule has 0 saturated heterocycles. The number of carbonyl (C=O) groups excluding carboxylic acids is 1. The molecule has 5 nitrogen and oxygen atoms in total. The molecule has 1 N–H and O–H groups in total. The summed E-state index contributed by atoms with van der Waals surface area (Å²) in [4.78, 5) is 16.1. The number of aryl methyl sites for hydroxylation is 1. The van der Waals surface area contributed by atoms with Crippen LogP contribution in [-0.2, 0) is 6.42 Å². The molecule has 1 aromatic heterocycles. The average molecular weight is 355 g/mol. The molecule has 0 spiro atoms. The first kappa shape index (κ1) is 16.4. The van der Waals surface area contributed by atoms with Gasteiger partial charge in [0.15, 0.2) is 0 Å². The van der Waals surface area contributed by atoms with E-state index in [1.807, 2.05) is 30.3 Å². The molecule has 26 heavy (non-hydrogen) atoms. The number of nitrogens with zero attached hydrogens (tertiary/aromatic N) is 2. The van der Waals surface area contributed by atoms with Crippen molar-refractivity contribution in [1.82, 2.24) is 15.5 Å². The molecule has 0 saturated carbocycles. The van der Waals surface area contributed by atoms with Gasteiger partial charge in [-0.15, -0.1) is 0 Å². The van der Waals surface area contributed by atoms with Gasteiger partial charge in [0.1, 0.15) is 0 Å². The molecule has 7 heteroatoms. The lowest BCUT2D eigenvalue weighted by molar-refractivity contribution is 0.0936. The lowest BCUT2D eigenvalue weighted by Gasteiger charge is -2.14. The summed E-state index contributed by atoms with van der Waals surface area (Å²) in [6.45, 7) is 0. The minimum Gasteiger partial charge on any atom is -0.345 e. The maximum absolute atomic E-state index is 12.6. The zero-order valence-electron chi connectivity index (χ0n) is 13.7. The van der Waals surface area contributed by atoms with Crippen LogP contribution in [0.2, 0.25) is 0 Å². The molecule has 1 atom stereocenters. The predicted molar refractivity (Wildman–Crippen MR) is 89.7 cm³/mol. The van der Waals surface area contributed by atoms with Crippen LogP contribution >= 0.6 is 0 Å². The minimum atomic E-state index is -2.79. The lowest BCUT2D eigenvalue weighted by Crippen LogP contribution is -2.27. The molecule has 1 unspecified atom stereocenters. The third kappa shape index (κ3) is 3.08. The zero-order valence-corrected chi connectivity index (χ0v) is 13.7. The Hall–Kier alpha value is -3.09. The van der Waals surface area contributed by atoms with Crippen LogP contribution in [0.25, 0.3) is 11.4 Å². The second-order valence-corrected chi connectivity index (χ2v) is 6.10. The summed E-state index contributed by atoms with van der Waals surface area (Å²) < 4.78 is 29.7. The Kier molecular flexibility index (Phi) is 4.20. The molecule has 0 fully saturated rings. The van der Waals surface area contributed by atoms with E-state index < -0.39 is 12.3 Å². The van der Waals surface area contributed by atoms with Crippen LogP contribution in [0.4, 0.5) is 8.78 Å². The second-order valence-electron chi connectivity index (χ2n) is 6.10. The van der Waals surface area contributed by atoms with Crippen LogP contribution < -0.4 is 5.32 Å². The van der Waals surface area contributed by atoms with Gasteiger partial charge >= 0.3 is 6.43 Å². The Morgan fingerprint density at radius 1 is 1.19 bits per heavy atom. The summed E-state index contributed by atoms with van der Waals surface area (Å²) in [5.74, 6) is -0.666. The number of fused-ring (bicyclic) bond motifs is 1. The number of benzene rings is 2. The van der Waals surface area contributed by atoms with Crippen LogP contribution in [-0.4, -0.2) is 16.0 Å². The maximum atomic E-state index is 12.6. The highest BCUT2D eigenvalue weighted by Gasteiger charge is 2.25. The molecule has 0 bridgehead atoms. The van der Waals surface area contributed by atoms with Gasteiger partial charge in [-0.3, -0.25) is 4.79 Å². The lowest BCUT2D eigenvalue weighted by atomic mass is 10.0. The monoisotopic (exact) mass is 355 g/mol. The standard InChI is InChI=1S/C19H15F2N3O2/c20-16(21)19-23-17(24-26-19)13-6-8-14-12(10-13)7-9-15(14)22-18(25)11-4-2-1-3-5-11/h1-6,8,10,15-16H,7,9H2,(H,22,25). The molecule has 132 valence electrons. The predicted octanol–water partition coefficient (Wildman–Crippen LogP) is 4.09. The summed E-state index contributed by atoms with van der Waals surface area (Å²) >= 11 is 0. The summed E-state index contributed by atoms with van der Waals surface area (Å²) in [7, 11) is 0. The summed E-state index contributed by atoms with van der Waals surface area (Å²) in [5.41, 5.74) is 3.30. The highest BCUT2D eigenvalue weighted by atomic mass is 19.3. The van der Waals surface area contributed by atoms with E-state index in [0.29, 0.717) is 11.1 Å². The van der Waals surface area contributed by atoms with Crippen molar-refractivity contribution in [3.05, 3.63) is 71.1 Å². The maximum Gasteiger partial charge on any atom is 0.315 e. The van der Waals surface area contributed by atoms with Crippen LogP contribution in [0, 0.1) is 0 Å². The van der Waals surface area contributed by atoms with Gasteiger partial charge in [0.05, 0.1) is 6.04 Å². The van der Waals surface area contributed by atoms with Crippen molar-refractivity contribution in [3.63, 3.8) is 0 Å². The number of rotatable bonds is 4. The van der Waals surface area contributed by atoms with E-state index in [1.165, 1.54) is 0 Å². The van der Waals surface area contributed by atoms with Crippen molar-refractivity contribution >= 4 is 5.91 Å². The summed E-state index contributed by atoms with van der Waals surface area (Å²) in [6.07, 6.45) is -1.22. The number of carbonyl (C=O) groups is 1. The largest absolute Gasteiger partial charge is 0.345 e. The number of hydrogen-bond acceptors (Lipinski definition) is 4. The van der Waals surface area contributed by atoms with Crippen molar-refractivity contribution in [2.24, 2.45) is 0 Å². The van der Waals surface area contributed by atoms with Gasteiger partial charge in [0.25, 0.3) is 11.8 Å². The molecule has 1 aliphatic carbocycles. The fourth-order valence-electron chi connectivity index (χ4n) is 3.18. The zero-order chi connectivity index (χ0) is 18.1. The second kappa shape index (κ2) is 6.67. The van der Waals surface area contributed by atoms with Gasteiger partial charge in [-0.25, -0.2) is 0 Å². The Morgan fingerprint density at radius 3 is 2.73 bits per heavy atom. The topological polar surface area (TPSA) is 68.0 Å². The molecule has 1 heterocycles. The van der Waals surface area contributed by atoms with Gasteiger partial charge < -0.3 is 9.84 Å². The Balaban J connectivity index is 1.54. The van der Waals surface area contributed by atoms with Crippen LogP contribution in [0.3, 0.4) is 0 Å². The minimum absolute atomic E-state index is 0.0753. The Morgan fingerprint density at radius 2 is 2.00 bits per heavy atom. The molecular weight excluding hydrogens is 340 g/mol. The fourth-order valence-corrected chi connectivity index (χ4v) is 3.18. The number of alkyl halides is 2. The fraction of sp³-hybridized carbons (Fsp3) is 0.211. The normalized spacial score (nSPS) is 15.9. The molecule has 1 aliphatic rings. The van der Waals surface area contributed by atoms with Gasteiger partial charge in [0.2, 0.25) is 5.82 Å². The molecule has 0 radical (unpaired) electrons. The summed E-state index contributed by atoms with van der Waals surface area (Å²) in [5, 5.41) is 6.65. The first-order valence-electron chi connectivity index (χ1n) is 8.22. The highest BCUT2D eigenvalue weighted by Crippen LogP contribution is 2.34. The van der Waals surface area contributed by atoms with E-state index in [-0.39, 0.29) is 17.8 Å². The molecular formula is C19H15F2N3O2. The number of halogens is 2. The van der Waals surface area contributed by atoms with E-state index in [4.69, 9.17) is 0 Å². The number of nitrogens with one attached hydrogen (secondary N) is 1. The van der Waals surface area contributed by atoms with Crippen LogP contribution in [0.15, 0.2) is 53.1 Å². The summed E-state index contributed by atoms with van der Waals surface area (Å²) in [6, 6.07) is 14.5. The quantitative estimate of drug-likeness (QED) is 0.765. The molecule has 4 rings (SSSR count). The van der Waals surface area contributed by atoms with Crippen LogP contribution in [0.5, 0.6) is 0 Å². The molecule has 3 aromatic rings. The smallest absolute Gasteiger partial charge is 0.315 e. The number of amides is 1. The number of aromatic nitrogens is 2. The van der Waals surface area contributed by atoms with Crippen molar-refractivity contribution in [2.75, 3.05) is 0 Å². The average Bonchev–Trinajstić information content (AvgIpc) is 3.30. The van der Waals surface area contributed by atoms with Gasteiger partial charge in [-0.05, 0) is 42.2 Å². The SMILES string of the molecule is O=C(NC1CCc2cc(-c3noc(C(F)F)n3)ccc21)c1ccccc1. The first-order chi connectivity index (χ1) is 12.6. The van der Waals surface area contributed by atoms with E-state index >= 15 is 0 Å². The Bertz CT molecular complexity index is 941. The number of hydrogen-bond donors (Lipinski definition) is 1.